The number of likely N-dealkylation sites (tertiary alicyclic amines) is 1. The average Bonchev–Trinajstić information content (AvgIpc) is 2.52. The number of nitrogens with zero attached hydrogens (tertiary/aromatic N) is 1. The van der Waals surface area contributed by atoms with Gasteiger partial charge in [0.05, 0.1) is 5.56 Å². The van der Waals surface area contributed by atoms with E-state index >= 15 is 0 Å². The van der Waals surface area contributed by atoms with E-state index in [-0.39, 0.29) is 28.4 Å². The molecule has 0 aliphatic carbocycles. The summed E-state index contributed by atoms with van der Waals surface area (Å²) in [5.74, 6) is 1.05. The number of piperidine rings is 1. The minimum Gasteiger partial charge on any atom is -1.00 e. The summed E-state index contributed by atoms with van der Waals surface area (Å²) < 4.78 is 5.47. The van der Waals surface area contributed by atoms with Crippen LogP contribution in [0.2, 0.25) is 0 Å². The van der Waals surface area contributed by atoms with E-state index in [2.05, 4.69) is 11.8 Å². The lowest BCUT2D eigenvalue weighted by Gasteiger charge is -2.30. The minimum atomic E-state index is -0.354. The lowest BCUT2D eigenvalue weighted by Crippen LogP contribution is -3.00. The van der Waals surface area contributed by atoms with Gasteiger partial charge in [-0.2, -0.15) is 0 Å². The fourth-order valence-electron chi connectivity index (χ4n) is 3.43. The quantitative estimate of drug-likeness (QED) is 0.774. The molecular formula is C19H25BrNO3-. The predicted molar refractivity (Wildman–Crippen MR) is 91.9 cm³/mol. The maximum atomic E-state index is 11.8. The Kier molecular flexibility index (Phi) is 6.10. The zero-order valence-electron chi connectivity index (χ0n) is 14.6. The van der Waals surface area contributed by atoms with Crippen molar-refractivity contribution in [1.82, 2.24) is 4.90 Å². The molecule has 0 bridgehead atoms. The number of fused-ring (bicyclic) bond motifs is 1. The van der Waals surface area contributed by atoms with Crippen molar-refractivity contribution in [2.45, 2.75) is 46.6 Å². The van der Waals surface area contributed by atoms with Crippen LogP contribution >= 0.6 is 0 Å². The average molecular weight is 395 g/mol. The Hall–Kier alpha value is -1.33. The second kappa shape index (κ2) is 7.70. The third-order valence-electron chi connectivity index (χ3n) is 5.03. The van der Waals surface area contributed by atoms with Gasteiger partial charge in [-0.05, 0) is 62.4 Å². The van der Waals surface area contributed by atoms with Crippen molar-refractivity contribution in [3.05, 3.63) is 39.2 Å². The second-order valence-corrected chi connectivity index (χ2v) is 6.80. The number of hydrogen-bond donors (Lipinski definition) is 1. The number of phenols is 1. The number of halogens is 1. The Balaban J connectivity index is 0.00000208. The van der Waals surface area contributed by atoms with Crippen molar-refractivity contribution in [3.8, 4) is 5.75 Å². The van der Waals surface area contributed by atoms with Gasteiger partial charge in [0, 0.05) is 18.0 Å². The number of aromatic hydroxyl groups is 1. The number of phenolic OH excluding ortho intramolecular Hbond substituents is 1. The summed E-state index contributed by atoms with van der Waals surface area (Å²) in [6.45, 7) is 8.91. The summed E-state index contributed by atoms with van der Waals surface area (Å²) >= 11 is 0. The molecule has 0 atom stereocenters. The highest BCUT2D eigenvalue weighted by Crippen LogP contribution is 2.34. The summed E-state index contributed by atoms with van der Waals surface area (Å²) in [5.41, 5.74) is 2.76. The monoisotopic (exact) mass is 394 g/mol. The van der Waals surface area contributed by atoms with E-state index in [1.165, 1.54) is 18.9 Å². The van der Waals surface area contributed by atoms with E-state index in [1.54, 1.807) is 0 Å². The molecule has 2 heterocycles. The van der Waals surface area contributed by atoms with E-state index in [1.807, 2.05) is 19.9 Å². The molecule has 0 radical (unpaired) electrons. The van der Waals surface area contributed by atoms with Crippen molar-refractivity contribution in [1.29, 1.82) is 0 Å². The molecule has 0 spiro atoms. The van der Waals surface area contributed by atoms with Crippen LogP contribution in [0.3, 0.4) is 0 Å². The number of aryl methyl sites for hydroxylation is 2. The van der Waals surface area contributed by atoms with Crippen LogP contribution < -0.4 is 22.6 Å². The van der Waals surface area contributed by atoms with E-state index in [4.69, 9.17) is 4.42 Å². The molecule has 1 aromatic heterocycles. The highest BCUT2D eigenvalue weighted by Gasteiger charge is 2.21. The predicted octanol–water partition coefficient (Wildman–Crippen LogP) is 0.605. The molecule has 1 N–H and O–H groups in total. The Morgan fingerprint density at radius 1 is 1.29 bits per heavy atom. The first-order valence-electron chi connectivity index (χ1n) is 8.50. The van der Waals surface area contributed by atoms with Crippen molar-refractivity contribution in [3.63, 3.8) is 0 Å². The van der Waals surface area contributed by atoms with Gasteiger partial charge >= 0.3 is 5.63 Å². The molecule has 1 aliphatic rings. The van der Waals surface area contributed by atoms with Crippen molar-refractivity contribution >= 4 is 11.0 Å². The lowest BCUT2D eigenvalue weighted by atomic mass is 9.96. The first-order chi connectivity index (χ1) is 11.0. The van der Waals surface area contributed by atoms with Crippen molar-refractivity contribution in [2.24, 2.45) is 5.92 Å². The third kappa shape index (κ3) is 3.67. The molecule has 0 amide bonds. The normalized spacial score (nSPS) is 16.3. The highest BCUT2D eigenvalue weighted by molar-refractivity contribution is 5.86. The molecule has 1 aromatic carbocycles. The fraction of sp³-hybridized carbons (Fsp3) is 0.526. The van der Waals surface area contributed by atoms with Crippen LogP contribution in [0.15, 0.2) is 21.3 Å². The van der Waals surface area contributed by atoms with Crippen LogP contribution in [-0.2, 0) is 13.0 Å². The van der Waals surface area contributed by atoms with Crippen LogP contribution in [0.4, 0.5) is 0 Å². The van der Waals surface area contributed by atoms with Crippen LogP contribution in [-0.4, -0.2) is 23.1 Å². The Bertz CT molecular complexity index is 776. The molecule has 4 nitrogen and oxygen atoms in total. The standard InChI is InChI=1S/C19H25NO3.BrH/c1-4-14-10-15-13(3)9-17(21)23-19(15)16(18(14)22)11-20-7-5-12(2)6-8-20;/h9-10,12,22H,4-8,11H2,1-3H3;1H/p-1. The molecular weight excluding hydrogens is 370 g/mol. The number of rotatable bonds is 3. The molecule has 5 heteroatoms. The van der Waals surface area contributed by atoms with E-state index in [0.29, 0.717) is 12.1 Å². The summed E-state index contributed by atoms with van der Waals surface area (Å²) in [6, 6.07) is 3.47. The van der Waals surface area contributed by atoms with Gasteiger partial charge in [0.2, 0.25) is 0 Å². The molecule has 0 unspecified atom stereocenters. The van der Waals surface area contributed by atoms with Crippen LogP contribution in [0.5, 0.6) is 5.75 Å². The molecule has 1 saturated heterocycles. The topological polar surface area (TPSA) is 53.7 Å². The molecule has 132 valence electrons. The molecule has 0 saturated carbocycles. The fourth-order valence-corrected chi connectivity index (χ4v) is 3.43. The Morgan fingerprint density at radius 2 is 1.96 bits per heavy atom. The largest absolute Gasteiger partial charge is 1.00 e. The first-order valence-corrected chi connectivity index (χ1v) is 8.50. The van der Waals surface area contributed by atoms with Gasteiger partial charge in [-0.25, -0.2) is 4.79 Å². The van der Waals surface area contributed by atoms with Gasteiger partial charge < -0.3 is 26.5 Å². The van der Waals surface area contributed by atoms with E-state index < -0.39 is 0 Å². The SMILES string of the molecule is CCc1cc2c(C)cc(=O)oc2c(CN2CCC(C)CC2)c1O.[Br-]. The number of benzene rings is 1. The smallest absolute Gasteiger partial charge is 0.336 e. The summed E-state index contributed by atoms with van der Waals surface area (Å²) in [4.78, 5) is 14.1. The lowest BCUT2D eigenvalue weighted by molar-refractivity contribution is -0.00000650. The van der Waals surface area contributed by atoms with Crippen LogP contribution in [0.25, 0.3) is 11.0 Å². The van der Waals surface area contributed by atoms with E-state index in [0.717, 1.165) is 47.5 Å². The molecule has 1 aliphatic heterocycles. The van der Waals surface area contributed by atoms with Crippen molar-refractivity contribution in [2.75, 3.05) is 13.1 Å². The maximum Gasteiger partial charge on any atom is 0.336 e. The molecule has 1 fully saturated rings. The summed E-state index contributed by atoms with van der Waals surface area (Å²) in [7, 11) is 0. The minimum absolute atomic E-state index is 0. The number of hydrogen-bond acceptors (Lipinski definition) is 4. The maximum absolute atomic E-state index is 11.8. The summed E-state index contributed by atoms with van der Waals surface area (Å²) in [6.07, 6.45) is 3.11. The Morgan fingerprint density at radius 3 is 2.58 bits per heavy atom. The molecule has 24 heavy (non-hydrogen) atoms. The first kappa shape index (κ1) is 19.0. The van der Waals surface area contributed by atoms with Gasteiger partial charge in [-0.15, -0.1) is 0 Å². The molecule has 2 aromatic rings. The van der Waals surface area contributed by atoms with Crippen LogP contribution in [0.1, 0.15) is 43.4 Å². The van der Waals surface area contributed by atoms with E-state index in [9.17, 15) is 9.90 Å². The zero-order chi connectivity index (χ0) is 16.6. The molecule has 3 rings (SSSR count). The summed E-state index contributed by atoms with van der Waals surface area (Å²) in [5, 5.41) is 11.6. The second-order valence-electron chi connectivity index (χ2n) is 6.80. The van der Waals surface area contributed by atoms with Gasteiger partial charge in [0.25, 0.3) is 0 Å². The highest BCUT2D eigenvalue weighted by atomic mass is 79.9. The zero-order valence-corrected chi connectivity index (χ0v) is 16.1. The van der Waals surface area contributed by atoms with Crippen LogP contribution in [0, 0.1) is 12.8 Å². The van der Waals surface area contributed by atoms with Crippen molar-refractivity contribution < 1.29 is 26.5 Å². The third-order valence-corrected chi connectivity index (χ3v) is 5.03. The van der Waals surface area contributed by atoms with Gasteiger partial charge in [0.1, 0.15) is 11.3 Å². The van der Waals surface area contributed by atoms with Gasteiger partial charge in [-0.1, -0.05) is 13.8 Å². The van der Waals surface area contributed by atoms with Gasteiger partial charge in [0.15, 0.2) is 0 Å². The van der Waals surface area contributed by atoms with Gasteiger partial charge in [-0.3, -0.25) is 4.90 Å². The Labute approximate surface area is 153 Å².